The van der Waals surface area contributed by atoms with E-state index in [1.807, 2.05) is 24.3 Å². The average molecular weight is 432 g/mol. The second-order valence-electron chi connectivity index (χ2n) is 9.49. The van der Waals surface area contributed by atoms with Gasteiger partial charge < -0.3 is 15.2 Å². The molecule has 2 aromatic heterocycles. The normalized spacial score (nSPS) is 19.1. The number of aliphatic imine (C=N–C) groups is 1. The van der Waals surface area contributed by atoms with Crippen LogP contribution in [0.25, 0.3) is 11.1 Å². The van der Waals surface area contributed by atoms with E-state index in [2.05, 4.69) is 30.7 Å². The van der Waals surface area contributed by atoms with Crippen molar-refractivity contribution < 1.29 is 13.9 Å². The van der Waals surface area contributed by atoms with Crippen molar-refractivity contribution in [1.82, 2.24) is 9.97 Å². The Hall–Kier alpha value is -3.48. The molecule has 1 spiro atoms. The van der Waals surface area contributed by atoms with Crippen LogP contribution < -0.4 is 10.5 Å². The summed E-state index contributed by atoms with van der Waals surface area (Å²) in [5.41, 5.74) is 8.99. The zero-order chi connectivity index (χ0) is 22.5. The number of nitrogens with zero attached hydrogens (tertiary/aromatic N) is 3. The minimum Gasteiger partial charge on any atom is -0.462 e. The summed E-state index contributed by atoms with van der Waals surface area (Å²) in [4.78, 5) is 13.1. The first kappa shape index (κ1) is 20.4. The van der Waals surface area contributed by atoms with Crippen LogP contribution in [0.4, 0.5) is 4.39 Å². The quantitative estimate of drug-likeness (QED) is 0.592. The van der Waals surface area contributed by atoms with E-state index in [-0.39, 0.29) is 18.0 Å². The molecule has 32 heavy (non-hydrogen) atoms. The van der Waals surface area contributed by atoms with E-state index in [1.165, 1.54) is 6.20 Å². The molecule has 2 aliphatic heterocycles. The molecule has 2 aliphatic rings. The Morgan fingerprint density at radius 2 is 1.91 bits per heavy atom. The van der Waals surface area contributed by atoms with E-state index in [0.717, 1.165) is 29.7 Å². The van der Waals surface area contributed by atoms with Gasteiger partial charge in [0.15, 0.2) is 11.3 Å². The van der Waals surface area contributed by atoms with Gasteiger partial charge in [-0.25, -0.2) is 9.98 Å². The van der Waals surface area contributed by atoms with Crippen LogP contribution in [0.3, 0.4) is 0 Å². The molecule has 0 aliphatic carbocycles. The first-order valence-electron chi connectivity index (χ1n) is 10.7. The van der Waals surface area contributed by atoms with Crippen LogP contribution in [0.15, 0.2) is 53.8 Å². The van der Waals surface area contributed by atoms with E-state index in [9.17, 15) is 4.39 Å². The summed E-state index contributed by atoms with van der Waals surface area (Å²) in [5, 5.41) is 0. The van der Waals surface area contributed by atoms with Crippen molar-refractivity contribution in [3.63, 3.8) is 0 Å². The molecule has 4 heterocycles. The number of fused-ring (bicyclic) bond motifs is 4. The number of rotatable bonds is 3. The SMILES string of the molecule is CC(C)(C)CCc1cc2c(cn1)Oc1ccc(-c3cccnc3F)cc1C21COC(N)=N1. The third-order valence-electron chi connectivity index (χ3n) is 5.95. The van der Waals surface area contributed by atoms with Gasteiger partial charge in [-0.1, -0.05) is 26.8 Å². The van der Waals surface area contributed by atoms with E-state index in [4.69, 9.17) is 20.2 Å². The molecule has 0 amide bonds. The molecule has 0 radical (unpaired) electrons. The summed E-state index contributed by atoms with van der Waals surface area (Å²) in [6, 6.07) is 11.1. The maximum atomic E-state index is 14.4. The first-order chi connectivity index (χ1) is 15.2. The molecular weight excluding hydrogens is 407 g/mol. The lowest BCUT2D eigenvalue weighted by Gasteiger charge is -2.34. The highest BCUT2D eigenvalue weighted by molar-refractivity contribution is 5.77. The summed E-state index contributed by atoms with van der Waals surface area (Å²) in [5.74, 6) is 0.717. The van der Waals surface area contributed by atoms with Gasteiger partial charge in [0.25, 0.3) is 6.02 Å². The zero-order valence-electron chi connectivity index (χ0n) is 18.4. The number of nitrogens with two attached hydrogens (primary N) is 1. The van der Waals surface area contributed by atoms with Gasteiger partial charge in [-0.05, 0) is 54.2 Å². The number of pyridine rings is 2. The molecule has 5 rings (SSSR count). The van der Waals surface area contributed by atoms with Gasteiger partial charge in [0.2, 0.25) is 5.95 Å². The Bertz CT molecular complexity index is 1230. The Kier molecular flexibility index (Phi) is 4.65. The number of ether oxygens (including phenoxy) is 2. The third kappa shape index (κ3) is 3.47. The van der Waals surface area contributed by atoms with Crippen LogP contribution in [0.2, 0.25) is 0 Å². The summed E-state index contributed by atoms with van der Waals surface area (Å²) in [6.45, 7) is 6.87. The average Bonchev–Trinajstić information content (AvgIpc) is 3.15. The highest BCUT2D eigenvalue weighted by Gasteiger charge is 2.47. The zero-order valence-corrected chi connectivity index (χ0v) is 18.4. The Morgan fingerprint density at radius 3 is 2.62 bits per heavy atom. The Morgan fingerprint density at radius 1 is 1.09 bits per heavy atom. The van der Waals surface area contributed by atoms with Crippen LogP contribution in [0.5, 0.6) is 11.5 Å². The lowest BCUT2D eigenvalue weighted by atomic mass is 9.80. The van der Waals surface area contributed by atoms with Gasteiger partial charge in [-0.2, -0.15) is 4.39 Å². The maximum absolute atomic E-state index is 14.4. The fourth-order valence-corrected chi connectivity index (χ4v) is 4.21. The van der Waals surface area contributed by atoms with Crippen molar-refractivity contribution >= 4 is 6.02 Å². The predicted molar refractivity (Wildman–Crippen MR) is 120 cm³/mol. The van der Waals surface area contributed by atoms with Crippen molar-refractivity contribution in [2.75, 3.05) is 6.61 Å². The molecular formula is C25H25FN4O2. The highest BCUT2D eigenvalue weighted by Crippen LogP contribution is 2.51. The van der Waals surface area contributed by atoms with E-state index < -0.39 is 11.5 Å². The van der Waals surface area contributed by atoms with Crippen LogP contribution >= 0.6 is 0 Å². The lowest BCUT2D eigenvalue weighted by Crippen LogP contribution is -2.31. The minimum atomic E-state index is -0.874. The molecule has 0 fully saturated rings. The Labute approximate surface area is 186 Å². The van der Waals surface area contributed by atoms with Crippen molar-refractivity contribution in [1.29, 1.82) is 0 Å². The van der Waals surface area contributed by atoms with Gasteiger partial charge >= 0.3 is 0 Å². The molecule has 0 saturated carbocycles. The second kappa shape index (κ2) is 7.29. The summed E-state index contributed by atoms with van der Waals surface area (Å²) < 4.78 is 26.2. The third-order valence-corrected chi connectivity index (χ3v) is 5.95. The van der Waals surface area contributed by atoms with Gasteiger partial charge in [0.1, 0.15) is 12.4 Å². The fourth-order valence-electron chi connectivity index (χ4n) is 4.21. The minimum absolute atomic E-state index is 0.120. The summed E-state index contributed by atoms with van der Waals surface area (Å²) in [6.07, 6.45) is 5.01. The summed E-state index contributed by atoms with van der Waals surface area (Å²) in [7, 11) is 0. The number of hydrogen-bond acceptors (Lipinski definition) is 6. The molecule has 7 heteroatoms. The number of benzene rings is 1. The van der Waals surface area contributed by atoms with Crippen LogP contribution in [-0.4, -0.2) is 22.6 Å². The predicted octanol–water partition coefficient (Wildman–Crippen LogP) is 4.96. The molecule has 164 valence electrons. The maximum Gasteiger partial charge on any atom is 0.283 e. The molecule has 3 aromatic rings. The largest absolute Gasteiger partial charge is 0.462 e. The van der Waals surface area contributed by atoms with Crippen molar-refractivity contribution in [2.45, 2.75) is 39.2 Å². The molecule has 0 bridgehead atoms. The molecule has 1 unspecified atom stereocenters. The number of amidine groups is 1. The van der Waals surface area contributed by atoms with E-state index in [1.54, 1.807) is 18.3 Å². The molecule has 0 saturated heterocycles. The van der Waals surface area contributed by atoms with Crippen molar-refractivity contribution in [2.24, 2.45) is 16.1 Å². The monoisotopic (exact) mass is 432 g/mol. The second-order valence-corrected chi connectivity index (χ2v) is 9.49. The number of hydrogen-bond donors (Lipinski definition) is 1. The smallest absolute Gasteiger partial charge is 0.283 e. The van der Waals surface area contributed by atoms with E-state index in [0.29, 0.717) is 22.6 Å². The van der Waals surface area contributed by atoms with E-state index >= 15 is 0 Å². The molecule has 2 N–H and O–H groups in total. The van der Waals surface area contributed by atoms with Gasteiger partial charge in [0, 0.05) is 28.6 Å². The first-order valence-corrected chi connectivity index (χ1v) is 10.7. The highest BCUT2D eigenvalue weighted by atomic mass is 19.1. The number of aryl methyl sites for hydroxylation is 1. The molecule has 6 nitrogen and oxygen atoms in total. The standard InChI is InChI=1S/C25H25FN4O2/c1-24(2,3)9-8-16-12-19-21(13-29-16)32-20-7-6-15(17-5-4-10-28-22(17)26)11-18(20)25(19)14-31-23(27)30-25/h4-7,10-13H,8-9,14H2,1-3H3,(H2,27,30). The Balaban J connectivity index is 1.64. The van der Waals surface area contributed by atoms with Crippen LogP contribution in [-0.2, 0) is 16.7 Å². The lowest BCUT2D eigenvalue weighted by molar-refractivity contribution is 0.264. The van der Waals surface area contributed by atoms with Crippen molar-refractivity contribution in [3.8, 4) is 22.6 Å². The summed E-state index contributed by atoms with van der Waals surface area (Å²) >= 11 is 0. The van der Waals surface area contributed by atoms with Gasteiger partial charge in [-0.3, -0.25) is 4.98 Å². The fraction of sp³-hybridized carbons (Fsp3) is 0.320. The van der Waals surface area contributed by atoms with Crippen molar-refractivity contribution in [3.05, 3.63) is 71.6 Å². The number of aromatic nitrogens is 2. The van der Waals surface area contributed by atoms with Gasteiger partial charge in [0.05, 0.1) is 6.20 Å². The topological polar surface area (TPSA) is 82.6 Å². The number of halogens is 1. The van der Waals surface area contributed by atoms with Crippen LogP contribution in [0.1, 0.15) is 44.0 Å². The molecule has 1 atom stereocenters. The van der Waals surface area contributed by atoms with Crippen LogP contribution in [0, 0.1) is 11.4 Å². The molecule has 1 aromatic carbocycles. The van der Waals surface area contributed by atoms with Gasteiger partial charge in [-0.15, -0.1) is 0 Å².